The van der Waals surface area contributed by atoms with E-state index < -0.39 is 10.0 Å². The van der Waals surface area contributed by atoms with Gasteiger partial charge in [0.1, 0.15) is 0 Å². The second-order valence-electron chi connectivity index (χ2n) is 6.26. The highest BCUT2D eigenvalue weighted by molar-refractivity contribution is 7.92. The number of nitrogens with one attached hydrogen (secondary N) is 2. The van der Waals surface area contributed by atoms with E-state index in [0.717, 1.165) is 23.4 Å². The SMILES string of the molecule is CC(=O)Nc1cccc(N(CCC(=O)NCC2CCCO2)S(C)(=O)=O)c1. The molecule has 1 heterocycles. The molecule has 1 aromatic rings. The van der Waals surface area contributed by atoms with Crippen LogP contribution < -0.4 is 14.9 Å². The predicted molar refractivity (Wildman–Crippen MR) is 99.5 cm³/mol. The molecule has 9 heteroatoms. The molecule has 1 unspecified atom stereocenters. The molecule has 2 amide bonds. The molecule has 0 saturated carbocycles. The Balaban J connectivity index is 1.99. The normalized spacial score (nSPS) is 16.9. The lowest BCUT2D eigenvalue weighted by molar-refractivity contribution is -0.121. The first-order valence-corrected chi connectivity index (χ1v) is 10.3. The van der Waals surface area contributed by atoms with E-state index in [1.165, 1.54) is 6.92 Å². The lowest BCUT2D eigenvalue weighted by Gasteiger charge is -2.23. The third-order valence-electron chi connectivity index (χ3n) is 3.95. The maximum atomic E-state index is 12.1. The van der Waals surface area contributed by atoms with Crippen molar-refractivity contribution in [3.63, 3.8) is 0 Å². The van der Waals surface area contributed by atoms with Gasteiger partial charge in [0.15, 0.2) is 0 Å². The zero-order valence-corrected chi connectivity index (χ0v) is 15.8. The highest BCUT2D eigenvalue weighted by Crippen LogP contribution is 2.22. The van der Waals surface area contributed by atoms with Gasteiger partial charge in [-0.2, -0.15) is 0 Å². The average Bonchev–Trinajstić information content (AvgIpc) is 3.05. The summed E-state index contributed by atoms with van der Waals surface area (Å²) in [6.45, 7) is 2.54. The molecule has 1 aliphatic heterocycles. The summed E-state index contributed by atoms with van der Waals surface area (Å²) in [7, 11) is -3.57. The summed E-state index contributed by atoms with van der Waals surface area (Å²) in [4.78, 5) is 23.2. The minimum Gasteiger partial charge on any atom is -0.376 e. The van der Waals surface area contributed by atoms with E-state index in [9.17, 15) is 18.0 Å². The third-order valence-corrected chi connectivity index (χ3v) is 5.14. The van der Waals surface area contributed by atoms with E-state index in [2.05, 4.69) is 10.6 Å². The van der Waals surface area contributed by atoms with Gasteiger partial charge < -0.3 is 15.4 Å². The number of anilines is 2. The third kappa shape index (κ3) is 6.30. The van der Waals surface area contributed by atoms with Crippen LogP contribution in [-0.4, -0.2) is 52.3 Å². The maximum absolute atomic E-state index is 12.1. The standard InChI is InChI=1S/C17H25N3O5S/c1-13(21)19-14-5-3-6-15(11-14)20(26(2,23)24)9-8-17(22)18-12-16-7-4-10-25-16/h3,5-6,11,16H,4,7-10,12H2,1-2H3,(H,18,22)(H,19,21). The maximum Gasteiger partial charge on any atom is 0.232 e. The fraction of sp³-hybridized carbons (Fsp3) is 0.529. The molecule has 2 N–H and O–H groups in total. The molecule has 1 atom stereocenters. The van der Waals surface area contributed by atoms with Gasteiger partial charge in [-0.05, 0) is 31.0 Å². The van der Waals surface area contributed by atoms with Crippen LogP contribution in [0.15, 0.2) is 24.3 Å². The number of amides is 2. The van der Waals surface area contributed by atoms with Crippen LogP contribution in [0, 0.1) is 0 Å². The Bertz CT molecular complexity index is 745. The van der Waals surface area contributed by atoms with E-state index in [-0.39, 0.29) is 30.9 Å². The highest BCUT2D eigenvalue weighted by atomic mass is 32.2. The fourth-order valence-corrected chi connectivity index (χ4v) is 3.67. The van der Waals surface area contributed by atoms with E-state index >= 15 is 0 Å². The van der Waals surface area contributed by atoms with Gasteiger partial charge in [0.25, 0.3) is 0 Å². The Morgan fingerprint density at radius 2 is 2.12 bits per heavy atom. The molecule has 1 aromatic carbocycles. The molecule has 144 valence electrons. The van der Waals surface area contributed by atoms with Crippen molar-refractivity contribution in [1.82, 2.24) is 5.32 Å². The van der Waals surface area contributed by atoms with Crippen LogP contribution in [0.2, 0.25) is 0 Å². The summed E-state index contributed by atoms with van der Waals surface area (Å²) >= 11 is 0. The molecule has 0 bridgehead atoms. The number of carbonyl (C=O) groups excluding carboxylic acids is 2. The summed E-state index contributed by atoms with van der Waals surface area (Å²) in [5, 5.41) is 5.39. The topological polar surface area (TPSA) is 105 Å². The summed E-state index contributed by atoms with van der Waals surface area (Å²) < 4.78 is 30.9. The van der Waals surface area contributed by atoms with Crippen LogP contribution in [0.1, 0.15) is 26.2 Å². The molecule has 0 aromatic heterocycles. The van der Waals surface area contributed by atoms with E-state index in [4.69, 9.17) is 4.74 Å². The second-order valence-corrected chi connectivity index (χ2v) is 8.16. The average molecular weight is 383 g/mol. The first-order chi connectivity index (χ1) is 12.3. The van der Waals surface area contributed by atoms with Crippen molar-refractivity contribution >= 4 is 33.2 Å². The number of hydrogen-bond acceptors (Lipinski definition) is 5. The number of nitrogens with zero attached hydrogens (tertiary/aromatic N) is 1. The van der Waals surface area contributed by atoms with Gasteiger partial charge in [-0.15, -0.1) is 0 Å². The Morgan fingerprint density at radius 1 is 1.35 bits per heavy atom. The largest absolute Gasteiger partial charge is 0.376 e. The Kier molecular flexibility index (Phi) is 6.98. The number of carbonyl (C=O) groups is 2. The Labute approximate surface area is 153 Å². The van der Waals surface area contributed by atoms with Gasteiger partial charge >= 0.3 is 0 Å². The van der Waals surface area contributed by atoms with Crippen LogP contribution in [0.4, 0.5) is 11.4 Å². The van der Waals surface area contributed by atoms with Gasteiger partial charge in [0.05, 0.1) is 18.0 Å². The van der Waals surface area contributed by atoms with Gasteiger partial charge in [-0.1, -0.05) is 6.07 Å². The van der Waals surface area contributed by atoms with Crippen molar-refractivity contribution in [3.8, 4) is 0 Å². The van der Waals surface area contributed by atoms with Crippen molar-refractivity contribution in [1.29, 1.82) is 0 Å². The minimum atomic E-state index is -3.57. The molecular weight excluding hydrogens is 358 g/mol. The number of hydrogen-bond donors (Lipinski definition) is 2. The van der Waals surface area contributed by atoms with Crippen LogP contribution >= 0.6 is 0 Å². The lowest BCUT2D eigenvalue weighted by Crippen LogP contribution is -2.36. The zero-order chi connectivity index (χ0) is 19.2. The monoisotopic (exact) mass is 383 g/mol. The molecule has 1 aliphatic rings. The molecule has 1 saturated heterocycles. The van der Waals surface area contributed by atoms with E-state index in [0.29, 0.717) is 24.5 Å². The quantitative estimate of drug-likeness (QED) is 0.699. The first-order valence-electron chi connectivity index (χ1n) is 8.49. The molecule has 0 aliphatic carbocycles. The molecular formula is C17H25N3O5S. The summed E-state index contributed by atoms with van der Waals surface area (Å²) in [6, 6.07) is 6.50. The van der Waals surface area contributed by atoms with Gasteiger partial charge in [0.2, 0.25) is 21.8 Å². The zero-order valence-electron chi connectivity index (χ0n) is 15.0. The van der Waals surface area contributed by atoms with Gasteiger partial charge in [-0.3, -0.25) is 13.9 Å². The molecule has 8 nitrogen and oxygen atoms in total. The van der Waals surface area contributed by atoms with Crippen LogP contribution in [0.25, 0.3) is 0 Å². The molecule has 26 heavy (non-hydrogen) atoms. The fourth-order valence-electron chi connectivity index (χ4n) is 2.75. The van der Waals surface area contributed by atoms with Gasteiger partial charge in [0, 0.05) is 38.7 Å². The van der Waals surface area contributed by atoms with Crippen molar-refractivity contribution in [2.45, 2.75) is 32.3 Å². The van der Waals surface area contributed by atoms with E-state index in [1.54, 1.807) is 24.3 Å². The smallest absolute Gasteiger partial charge is 0.232 e. The van der Waals surface area contributed by atoms with Crippen molar-refractivity contribution in [2.75, 3.05) is 35.6 Å². The molecule has 2 rings (SSSR count). The predicted octanol–water partition coefficient (Wildman–Crippen LogP) is 1.10. The summed E-state index contributed by atoms with van der Waals surface area (Å²) in [5.74, 6) is -0.478. The number of rotatable bonds is 8. The first kappa shape index (κ1) is 20.2. The minimum absolute atomic E-state index is 0.0136. The summed E-state index contributed by atoms with van der Waals surface area (Å²) in [5.41, 5.74) is 0.886. The second kappa shape index (κ2) is 9.00. The van der Waals surface area contributed by atoms with Crippen LogP contribution in [-0.2, 0) is 24.3 Å². The van der Waals surface area contributed by atoms with Crippen molar-refractivity contribution < 1.29 is 22.7 Å². The number of sulfonamides is 1. The number of ether oxygens (including phenoxy) is 1. The van der Waals surface area contributed by atoms with Crippen LogP contribution in [0.5, 0.6) is 0 Å². The molecule has 0 spiro atoms. The number of benzene rings is 1. The Morgan fingerprint density at radius 3 is 2.73 bits per heavy atom. The lowest BCUT2D eigenvalue weighted by atomic mass is 10.2. The Hall–Kier alpha value is -2.13. The summed E-state index contributed by atoms with van der Waals surface area (Å²) in [6.07, 6.45) is 3.07. The van der Waals surface area contributed by atoms with Crippen LogP contribution in [0.3, 0.4) is 0 Å². The molecule has 0 radical (unpaired) electrons. The van der Waals surface area contributed by atoms with Crippen molar-refractivity contribution in [2.24, 2.45) is 0 Å². The van der Waals surface area contributed by atoms with E-state index in [1.807, 2.05) is 0 Å². The molecule has 1 fully saturated rings. The highest BCUT2D eigenvalue weighted by Gasteiger charge is 2.20. The van der Waals surface area contributed by atoms with Gasteiger partial charge in [-0.25, -0.2) is 8.42 Å². The van der Waals surface area contributed by atoms with Crippen molar-refractivity contribution in [3.05, 3.63) is 24.3 Å².